The number of sulfonamides is 1. The molecule has 1 aliphatic heterocycles. The maximum Gasteiger partial charge on any atom is 0.322 e. The summed E-state index contributed by atoms with van der Waals surface area (Å²) in [5.41, 5.74) is 0. The molecule has 1 atom stereocenters. The number of hydrogen-bond donors (Lipinski definition) is 1. The Morgan fingerprint density at radius 2 is 2.22 bits per heavy atom. The number of aliphatic carboxylic acids is 1. The van der Waals surface area contributed by atoms with Crippen LogP contribution in [0.5, 0.6) is 0 Å². The highest BCUT2D eigenvalue weighted by Crippen LogP contribution is 2.24. The first-order valence-electron chi connectivity index (χ1n) is 5.67. The minimum absolute atomic E-state index is 0.0989. The molecule has 1 aromatic rings. The highest BCUT2D eigenvalue weighted by atomic mass is 32.2. The minimum atomic E-state index is -3.81. The van der Waals surface area contributed by atoms with Crippen LogP contribution in [0.4, 0.5) is 0 Å². The van der Waals surface area contributed by atoms with Crippen molar-refractivity contribution in [2.24, 2.45) is 7.05 Å². The Morgan fingerprint density at radius 1 is 1.50 bits per heavy atom. The average molecular weight is 273 g/mol. The molecule has 1 aliphatic rings. The Balaban J connectivity index is 2.36. The van der Waals surface area contributed by atoms with Gasteiger partial charge in [0.1, 0.15) is 6.04 Å². The van der Waals surface area contributed by atoms with Crippen molar-refractivity contribution in [2.45, 2.75) is 30.3 Å². The number of hydrogen-bond acceptors (Lipinski definition) is 4. The van der Waals surface area contributed by atoms with Gasteiger partial charge in [-0.1, -0.05) is 0 Å². The molecule has 0 unspecified atom stereocenters. The van der Waals surface area contributed by atoms with E-state index in [-0.39, 0.29) is 11.6 Å². The quantitative estimate of drug-likeness (QED) is 0.840. The van der Waals surface area contributed by atoms with Gasteiger partial charge in [0.15, 0.2) is 5.03 Å². The molecule has 0 spiro atoms. The lowest BCUT2D eigenvalue weighted by atomic mass is 10.1. The van der Waals surface area contributed by atoms with Crippen LogP contribution in [0.1, 0.15) is 19.3 Å². The van der Waals surface area contributed by atoms with E-state index in [1.165, 1.54) is 16.9 Å². The summed E-state index contributed by atoms with van der Waals surface area (Å²) < 4.78 is 27.0. The first-order chi connectivity index (χ1) is 8.43. The second-order valence-corrected chi connectivity index (χ2v) is 6.13. The van der Waals surface area contributed by atoms with E-state index < -0.39 is 22.0 Å². The lowest BCUT2D eigenvalue weighted by Gasteiger charge is -2.31. The summed E-state index contributed by atoms with van der Waals surface area (Å²) in [4.78, 5) is 11.1. The molecule has 1 saturated heterocycles. The number of carboxylic acid groups (broad SMARTS) is 1. The van der Waals surface area contributed by atoms with Crippen molar-refractivity contribution < 1.29 is 18.3 Å². The van der Waals surface area contributed by atoms with E-state index in [1.807, 2.05) is 0 Å². The average Bonchev–Trinajstić information content (AvgIpc) is 2.76. The molecule has 2 heterocycles. The van der Waals surface area contributed by atoms with Crippen LogP contribution in [0.3, 0.4) is 0 Å². The first-order valence-corrected chi connectivity index (χ1v) is 7.11. The summed E-state index contributed by atoms with van der Waals surface area (Å²) in [6.07, 6.45) is 3.27. The summed E-state index contributed by atoms with van der Waals surface area (Å²) in [5, 5.41) is 12.8. The normalized spacial score (nSPS) is 21.9. The van der Waals surface area contributed by atoms with Crippen LogP contribution in [0, 0.1) is 0 Å². The predicted molar refractivity (Wildman–Crippen MR) is 62.4 cm³/mol. The van der Waals surface area contributed by atoms with E-state index in [0.29, 0.717) is 12.8 Å². The molecule has 18 heavy (non-hydrogen) atoms. The smallest absolute Gasteiger partial charge is 0.322 e. The Morgan fingerprint density at radius 3 is 2.78 bits per heavy atom. The summed E-state index contributed by atoms with van der Waals surface area (Å²) >= 11 is 0. The van der Waals surface area contributed by atoms with Gasteiger partial charge in [-0.05, 0) is 25.3 Å². The number of nitrogens with zero attached hydrogens (tertiary/aromatic N) is 3. The van der Waals surface area contributed by atoms with Gasteiger partial charge in [-0.15, -0.1) is 0 Å². The van der Waals surface area contributed by atoms with Crippen LogP contribution in [0.15, 0.2) is 17.3 Å². The Bertz CT molecular complexity index is 551. The third-order valence-electron chi connectivity index (χ3n) is 3.00. The highest BCUT2D eigenvalue weighted by molar-refractivity contribution is 7.89. The zero-order chi connectivity index (χ0) is 13.3. The van der Waals surface area contributed by atoms with E-state index >= 15 is 0 Å². The molecule has 0 radical (unpaired) electrons. The number of carbonyl (C=O) groups is 1. The molecule has 100 valence electrons. The van der Waals surface area contributed by atoms with Gasteiger partial charge in [-0.25, -0.2) is 8.42 Å². The van der Waals surface area contributed by atoms with Gasteiger partial charge in [0, 0.05) is 19.8 Å². The number of carboxylic acids is 1. The molecule has 8 heteroatoms. The van der Waals surface area contributed by atoms with Crippen molar-refractivity contribution >= 4 is 16.0 Å². The molecule has 1 fully saturated rings. The van der Waals surface area contributed by atoms with Crippen LogP contribution in [-0.2, 0) is 21.9 Å². The maximum absolute atomic E-state index is 12.3. The van der Waals surface area contributed by atoms with Crippen molar-refractivity contribution in [2.75, 3.05) is 6.54 Å². The Kier molecular flexibility index (Phi) is 3.40. The fraction of sp³-hybridized carbons (Fsp3) is 0.600. The zero-order valence-corrected chi connectivity index (χ0v) is 10.8. The number of aryl methyl sites for hydroxylation is 1. The van der Waals surface area contributed by atoms with Crippen LogP contribution in [0.25, 0.3) is 0 Å². The number of aromatic nitrogens is 2. The Labute approximate surface area is 105 Å². The van der Waals surface area contributed by atoms with Gasteiger partial charge in [0.05, 0.1) is 0 Å². The molecule has 7 nitrogen and oxygen atoms in total. The third-order valence-corrected chi connectivity index (χ3v) is 4.80. The molecular formula is C10H15N3O4S. The summed E-state index contributed by atoms with van der Waals surface area (Å²) in [6, 6.07) is 0.397. The van der Waals surface area contributed by atoms with E-state index in [4.69, 9.17) is 5.11 Å². The predicted octanol–water partition coefficient (Wildman–Crippen LogP) is 0.0479. The maximum atomic E-state index is 12.3. The van der Waals surface area contributed by atoms with Crippen molar-refractivity contribution in [3.05, 3.63) is 12.3 Å². The lowest BCUT2D eigenvalue weighted by molar-refractivity contribution is -0.142. The van der Waals surface area contributed by atoms with Gasteiger partial charge in [0.2, 0.25) is 0 Å². The van der Waals surface area contributed by atoms with Crippen LogP contribution < -0.4 is 0 Å². The van der Waals surface area contributed by atoms with Crippen LogP contribution in [0.2, 0.25) is 0 Å². The molecule has 0 saturated carbocycles. The second-order valence-electron chi connectivity index (χ2n) is 4.29. The largest absolute Gasteiger partial charge is 0.480 e. The third kappa shape index (κ3) is 2.25. The molecule has 0 bridgehead atoms. The molecule has 0 aromatic carbocycles. The SMILES string of the molecule is Cn1ccc(S(=O)(=O)N2CCCC[C@H]2C(=O)O)n1. The highest BCUT2D eigenvalue weighted by Gasteiger charge is 2.38. The van der Waals surface area contributed by atoms with E-state index in [0.717, 1.165) is 10.7 Å². The number of piperidine rings is 1. The van der Waals surface area contributed by atoms with E-state index in [2.05, 4.69) is 5.10 Å². The van der Waals surface area contributed by atoms with Crippen molar-refractivity contribution in [1.29, 1.82) is 0 Å². The fourth-order valence-electron chi connectivity index (χ4n) is 2.09. The van der Waals surface area contributed by atoms with Crippen LogP contribution in [-0.4, -0.2) is 46.2 Å². The monoisotopic (exact) mass is 273 g/mol. The lowest BCUT2D eigenvalue weighted by Crippen LogP contribution is -2.47. The molecule has 1 N–H and O–H groups in total. The van der Waals surface area contributed by atoms with E-state index in [9.17, 15) is 13.2 Å². The number of rotatable bonds is 3. The van der Waals surface area contributed by atoms with Crippen molar-refractivity contribution in [3.8, 4) is 0 Å². The van der Waals surface area contributed by atoms with Crippen LogP contribution >= 0.6 is 0 Å². The second kappa shape index (κ2) is 4.69. The molecule has 2 rings (SSSR count). The summed E-state index contributed by atoms with van der Waals surface area (Å²) in [5.74, 6) is -1.10. The van der Waals surface area contributed by atoms with Gasteiger partial charge in [0.25, 0.3) is 10.0 Å². The summed E-state index contributed by atoms with van der Waals surface area (Å²) in [7, 11) is -2.20. The topological polar surface area (TPSA) is 92.5 Å². The minimum Gasteiger partial charge on any atom is -0.480 e. The molecule has 0 aliphatic carbocycles. The molecule has 1 aromatic heterocycles. The zero-order valence-electron chi connectivity index (χ0n) is 9.98. The first kappa shape index (κ1) is 13.0. The van der Waals surface area contributed by atoms with Crippen molar-refractivity contribution in [3.63, 3.8) is 0 Å². The van der Waals surface area contributed by atoms with Gasteiger partial charge in [-0.2, -0.15) is 9.40 Å². The van der Waals surface area contributed by atoms with Gasteiger partial charge >= 0.3 is 5.97 Å². The van der Waals surface area contributed by atoms with E-state index in [1.54, 1.807) is 7.05 Å². The summed E-state index contributed by atoms with van der Waals surface area (Å²) in [6.45, 7) is 0.232. The Hall–Kier alpha value is -1.41. The standard InChI is InChI=1S/C10H15N3O4S/c1-12-7-5-9(11-12)18(16,17)13-6-3-2-4-8(13)10(14)15/h5,7-8H,2-4,6H2,1H3,(H,14,15)/t8-/m0/s1. The molecule has 0 amide bonds. The fourth-order valence-corrected chi connectivity index (χ4v) is 3.70. The van der Waals surface area contributed by atoms with Gasteiger partial charge in [-0.3, -0.25) is 9.48 Å². The van der Waals surface area contributed by atoms with Gasteiger partial charge < -0.3 is 5.11 Å². The molecular weight excluding hydrogens is 258 g/mol. The van der Waals surface area contributed by atoms with Crippen molar-refractivity contribution in [1.82, 2.24) is 14.1 Å².